The Morgan fingerprint density at radius 2 is 2.31 bits per heavy atom. The van der Waals surface area contributed by atoms with Crippen molar-refractivity contribution in [1.29, 1.82) is 0 Å². The molecule has 0 aliphatic rings. The Kier molecular flexibility index (Phi) is 3.74. The summed E-state index contributed by atoms with van der Waals surface area (Å²) in [4.78, 5) is 0. The van der Waals surface area contributed by atoms with Crippen LogP contribution >= 0.6 is 15.9 Å². The molecular formula is C12H13BrN2O. The van der Waals surface area contributed by atoms with Crippen molar-refractivity contribution in [2.75, 3.05) is 6.54 Å². The van der Waals surface area contributed by atoms with E-state index in [1.165, 1.54) is 0 Å². The van der Waals surface area contributed by atoms with Gasteiger partial charge in [0.15, 0.2) is 5.76 Å². The minimum Gasteiger partial charge on any atom is -0.356 e. The van der Waals surface area contributed by atoms with Crippen molar-refractivity contribution in [1.82, 2.24) is 10.5 Å². The first-order valence-electron chi connectivity index (χ1n) is 5.21. The van der Waals surface area contributed by atoms with Crippen LogP contribution in [0.5, 0.6) is 0 Å². The number of aromatic nitrogens is 1. The van der Waals surface area contributed by atoms with E-state index in [4.69, 9.17) is 4.52 Å². The summed E-state index contributed by atoms with van der Waals surface area (Å²) >= 11 is 3.45. The summed E-state index contributed by atoms with van der Waals surface area (Å²) in [6, 6.07) is 8.01. The van der Waals surface area contributed by atoms with Crippen molar-refractivity contribution in [3.05, 3.63) is 40.5 Å². The molecular weight excluding hydrogens is 268 g/mol. The molecule has 0 saturated heterocycles. The molecule has 2 rings (SSSR count). The molecule has 0 spiro atoms. The van der Waals surface area contributed by atoms with Gasteiger partial charge in [-0.25, -0.2) is 0 Å². The van der Waals surface area contributed by atoms with Crippen molar-refractivity contribution < 1.29 is 4.52 Å². The Labute approximate surface area is 103 Å². The Balaban J connectivity index is 2.29. The third-order valence-corrected chi connectivity index (χ3v) is 2.79. The van der Waals surface area contributed by atoms with Crippen LogP contribution in [0.4, 0.5) is 0 Å². The van der Waals surface area contributed by atoms with E-state index in [0.717, 1.165) is 34.4 Å². The van der Waals surface area contributed by atoms with Gasteiger partial charge in [-0.1, -0.05) is 40.1 Å². The molecule has 0 atom stereocenters. The van der Waals surface area contributed by atoms with E-state index in [9.17, 15) is 0 Å². The highest BCUT2D eigenvalue weighted by Crippen LogP contribution is 2.25. The minimum atomic E-state index is 0.780. The zero-order valence-electron chi connectivity index (χ0n) is 9.03. The number of nitrogens with zero attached hydrogens (tertiary/aromatic N) is 1. The summed E-state index contributed by atoms with van der Waals surface area (Å²) < 4.78 is 6.33. The van der Waals surface area contributed by atoms with E-state index < -0.39 is 0 Å². The SMILES string of the molecule is CCNCc1cnoc1-c1cccc(Br)c1. The summed E-state index contributed by atoms with van der Waals surface area (Å²) in [6.07, 6.45) is 1.76. The fraction of sp³-hybridized carbons (Fsp3) is 0.250. The van der Waals surface area contributed by atoms with Crippen molar-refractivity contribution in [3.63, 3.8) is 0 Å². The van der Waals surface area contributed by atoms with Crippen molar-refractivity contribution in [3.8, 4) is 11.3 Å². The molecule has 0 aliphatic heterocycles. The second-order valence-electron chi connectivity index (χ2n) is 3.47. The van der Waals surface area contributed by atoms with Crippen LogP contribution in [-0.2, 0) is 6.54 Å². The molecule has 0 fully saturated rings. The standard InChI is InChI=1S/C12H13BrN2O/c1-2-14-7-10-8-15-16-12(10)9-4-3-5-11(13)6-9/h3-6,8,14H,2,7H2,1H3. The van der Waals surface area contributed by atoms with Crippen LogP contribution in [0.3, 0.4) is 0 Å². The predicted molar refractivity (Wildman–Crippen MR) is 67.0 cm³/mol. The van der Waals surface area contributed by atoms with Gasteiger partial charge in [0.2, 0.25) is 0 Å². The highest BCUT2D eigenvalue weighted by atomic mass is 79.9. The van der Waals surface area contributed by atoms with Crippen molar-refractivity contribution in [2.24, 2.45) is 0 Å². The summed E-state index contributed by atoms with van der Waals surface area (Å²) in [7, 11) is 0. The van der Waals surface area contributed by atoms with Crippen LogP contribution in [0, 0.1) is 0 Å². The topological polar surface area (TPSA) is 38.1 Å². The second-order valence-corrected chi connectivity index (χ2v) is 4.39. The third-order valence-electron chi connectivity index (χ3n) is 2.30. The van der Waals surface area contributed by atoms with Gasteiger partial charge in [0, 0.05) is 22.1 Å². The molecule has 0 amide bonds. The second kappa shape index (κ2) is 5.27. The van der Waals surface area contributed by atoms with E-state index >= 15 is 0 Å². The first kappa shape index (κ1) is 11.4. The average molecular weight is 281 g/mol. The van der Waals surface area contributed by atoms with Gasteiger partial charge in [0.1, 0.15) is 0 Å². The fourth-order valence-electron chi connectivity index (χ4n) is 1.51. The Morgan fingerprint density at radius 1 is 1.44 bits per heavy atom. The van der Waals surface area contributed by atoms with Gasteiger partial charge in [0.25, 0.3) is 0 Å². The molecule has 0 aliphatic carbocycles. The first-order chi connectivity index (χ1) is 7.81. The fourth-order valence-corrected chi connectivity index (χ4v) is 1.91. The molecule has 0 unspecified atom stereocenters. The summed E-state index contributed by atoms with van der Waals surface area (Å²) in [6.45, 7) is 3.79. The molecule has 84 valence electrons. The summed E-state index contributed by atoms with van der Waals surface area (Å²) in [5.74, 6) is 0.835. The maximum absolute atomic E-state index is 5.29. The number of nitrogens with one attached hydrogen (secondary N) is 1. The molecule has 0 bridgehead atoms. The lowest BCUT2D eigenvalue weighted by Gasteiger charge is -2.02. The van der Waals surface area contributed by atoms with Crippen LogP contribution in [0.2, 0.25) is 0 Å². The van der Waals surface area contributed by atoms with Crippen molar-refractivity contribution in [2.45, 2.75) is 13.5 Å². The quantitative estimate of drug-likeness (QED) is 0.935. The molecule has 4 heteroatoms. The van der Waals surface area contributed by atoms with Gasteiger partial charge < -0.3 is 9.84 Å². The maximum Gasteiger partial charge on any atom is 0.171 e. The van der Waals surface area contributed by atoms with E-state index in [1.54, 1.807) is 6.20 Å². The predicted octanol–water partition coefficient (Wildman–Crippen LogP) is 3.21. The molecule has 1 heterocycles. The highest BCUT2D eigenvalue weighted by Gasteiger charge is 2.10. The monoisotopic (exact) mass is 280 g/mol. The first-order valence-corrected chi connectivity index (χ1v) is 6.00. The van der Waals surface area contributed by atoms with Gasteiger partial charge in [-0.15, -0.1) is 0 Å². The normalized spacial score (nSPS) is 10.6. The molecule has 16 heavy (non-hydrogen) atoms. The molecule has 0 saturated carbocycles. The van der Waals surface area contributed by atoms with Gasteiger partial charge in [-0.05, 0) is 18.7 Å². The summed E-state index contributed by atoms with van der Waals surface area (Å²) in [5.41, 5.74) is 2.12. The lowest BCUT2D eigenvalue weighted by molar-refractivity contribution is 0.431. The Hall–Kier alpha value is -1.13. The van der Waals surface area contributed by atoms with E-state index in [-0.39, 0.29) is 0 Å². The number of hydrogen-bond acceptors (Lipinski definition) is 3. The van der Waals surface area contributed by atoms with Crippen LogP contribution in [0.15, 0.2) is 39.5 Å². The number of benzene rings is 1. The number of halogens is 1. The highest BCUT2D eigenvalue weighted by molar-refractivity contribution is 9.10. The van der Waals surface area contributed by atoms with Crippen molar-refractivity contribution >= 4 is 15.9 Å². The maximum atomic E-state index is 5.29. The lowest BCUT2D eigenvalue weighted by Crippen LogP contribution is -2.11. The molecule has 1 aromatic carbocycles. The van der Waals surface area contributed by atoms with Crippen LogP contribution in [0.1, 0.15) is 12.5 Å². The molecule has 3 nitrogen and oxygen atoms in total. The van der Waals surface area contributed by atoms with Crippen LogP contribution in [0.25, 0.3) is 11.3 Å². The van der Waals surface area contributed by atoms with E-state index in [1.807, 2.05) is 24.3 Å². The number of hydrogen-bond donors (Lipinski definition) is 1. The molecule has 1 N–H and O–H groups in total. The number of rotatable bonds is 4. The third kappa shape index (κ3) is 2.51. The van der Waals surface area contributed by atoms with Gasteiger partial charge in [0.05, 0.1) is 6.20 Å². The summed E-state index contributed by atoms with van der Waals surface area (Å²) in [5, 5.41) is 7.11. The zero-order chi connectivity index (χ0) is 11.4. The van der Waals surface area contributed by atoms with E-state index in [2.05, 4.69) is 33.3 Å². The Bertz CT molecular complexity index is 468. The average Bonchev–Trinajstić information content (AvgIpc) is 2.74. The molecule has 2 aromatic rings. The Morgan fingerprint density at radius 3 is 3.06 bits per heavy atom. The smallest absolute Gasteiger partial charge is 0.171 e. The van der Waals surface area contributed by atoms with Gasteiger partial charge >= 0.3 is 0 Å². The molecule has 0 radical (unpaired) electrons. The van der Waals surface area contributed by atoms with Gasteiger partial charge in [-0.3, -0.25) is 0 Å². The zero-order valence-corrected chi connectivity index (χ0v) is 10.6. The minimum absolute atomic E-state index is 0.780. The van der Waals surface area contributed by atoms with Gasteiger partial charge in [-0.2, -0.15) is 0 Å². The van der Waals surface area contributed by atoms with Crippen LogP contribution < -0.4 is 5.32 Å². The molecule has 1 aromatic heterocycles. The van der Waals surface area contributed by atoms with E-state index in [0.29, 0.717) is 0 Å². The van der Waals surface area contributed by atoms with Crippen LogP contribution in [-0.4, -0.2) is 11.7 Å². The largest absolute Gasteiger partial charge is 0.356 e. The lowest BCUT2D eigenvalue weighted by atomic mass is 10.1.